The number of aryl methyl sites for hydroxylation is 1. The number of aromatic nitrogens is 2. The molecule has 2 rings (SSSR count). The van der Waals surface area contributed by atoms with Crippen molar-refractivity contribution in [3.05, 3.63) is 54.0 Å². The van der Waals surface area contributed by atoms with Gasteiger partial charge in [0.05, 0.1) is 0 Å². The Balaban J connectivity index is 2.25. The summed E-state index contributed by atoms with van der Waals surface area (Å²) in [4.78, 5) is 19.4. The zero-order valence-electron chi connectivity index (χ0n) is 9.87. The minimum absolute atomic E-state index is 0.499. The molecule has 2 N–H and O–H groups in total. The van der Waals surface area contributed by atoms with Gasteiger partial charge in [-0.25, -0.2) is 14.8 Å². The van der Waals surface area contributed by atoms with Gasteiger partial charge in [0.25, 0.3) is 0 Å². The lowest BCUT2D eigenvalue weighted by atomic mass is 10.1. The van der Waals surface area contributed by atoms with Gasteiger partial charge in [0, 0.05) is 6.20 Å². The van der Waals surface area contributed by atoms with Gasteiger partial charge >= 0.3 is 5.97 Å². The molecular weight excluding hydrogens is 230 g/mol. The molecule has 5 heteroatoms. The number of carbonyl (C=O) groups is 1. The number of carboxylic acid groups (broad SMARTS) is 1. The Morgan fingerprint density at radius 3 is 2.61 bits per heavy atom. The molecule has 1 atom stereocenters. The number of carboxylic acids is 1. The topological polar surface area (TPSA) is 75.1 Å². The van der Waals surface area contributed by atoms with Crippen molar-refractivity contribution in [2.45, 2.75) is 13.0 Å². The number of nitrogens with zero attached hydrogens (tertiary/aromatic N) is 2. The molecule has 0 aliphatic rings. The first kappa shape index (κ1) is 12.0. The molecular formula is C13H13N3O2. The maximum absolute atomic E-state index is 11.3. The Labute approximate surface area is 105 Å². The first-order valence-corrected chi connectivity index (χ1v) is 5.51. The van der Waals surface area contributed by atoms with Gasteiger partial charge < -0.3 is 10.4 Å². The van der Waals surface area contributed by atoms with E-state index >= 15 is 0 Å². The van der Waals surface area contributed by atoms with Crippen molar-refractivity contribution in [2.24, 2.45) is 0 Å². The second-order valence-electron chi connectivity index (χ2n) is 3.82. The number of rotatable bonds is 4. The molecule has 0 saturated carbocycles. The van der Waals surface area contributed by atoms with Crippen LogP contribution in [0.3, 0.4) is 0 Å². The maximum atomic E-state index is 11.3. The van der Waals surface area contributed by atoms with Crippen LogP contribution in [0.4, 0.5) is 5.82 Å². The van der Waals surface area contributed by atoms with Gasteiger partial charge in [0.1, 0.15) is 11.6 Å². The number of hydrogen-bond acceptors (Lipinski definition) is 4. The molecule has 2 aromatic rings. The molecule has 0 bridgehead atoms. The van der Waals surface area contributed by atoms with E-state index in [2.05, 4.69) is 15.3 Å². The molecule has 0 saturated heterocycles. The molecule has 0 spiro atoms. The number of nitrogens with one attached hydrogen (secondary N) is 1. The average Bonchev–Trinajstić information content (AvgIpc) is 2.37. The van der Waals surface area contributed by atoms with Gasteiger partial charge in [-0.05, 0) is 18.6 Å². The van der Waals surface area contributed by atoms with Crippen LogP contribution in [-0.4, -0.2) is 21.0 Å². The Bertz CT molecular complexity index is 543. The largest absolute Gasteiger partial charge is 0.479 e. The van der Waals surface area contributed by atoms with Gasteiger partial charge in [0.2, 0.25) is 0 Å². The highest BCUT2D eigenvalue weighted by atomic mass is 16.4. The normalized spacial score (nSPS) is 11.8. The fourth-order valence-electron chi connectivity index (χ4n) is 1.62. The van der Waals surface area contributed by atoms with Gasteiger partial charge in [-0.1, -0.05) is 30.3 Å². The van der Waals surface area contributed by atoms with E-state index in [0.717, 1.165) is 0 Å². The molecule has 0 fully saturated rings. The zero-order chi connectivity index (χ0) is 13.0. The molecule has 1 unspecified atom stereocenters. The lowest BCUT2D eigenvalue weighted by molar-refractivity contribution is -0.138. The van der Waals surface area contributed by atoms with Crippen LogP contribution in [0.2, 0.25) is 0 Å². The van der Waals surface area contributed by atoms with Gasteiger partial charge in [0.15, 0.2) is 6.04 Å². The third-order valence-corrected chi connectivity index (χ3v) is 2.45. The molecule has 5 nitrogen and oxygen atoms in total. The first-order chi connectivity index (χ1) is 8.66. The van der Waals surface area contributed by atoms with Crippen LogP contribution in [0.1, 0.15) is 17.4 Å². The summed E-state index contributed by atoms with van der Waals surface area (Å²) in [6, 6.07) is 9.81. The highest BCUT2D eigenvalue weighted by Crippen LogP contribution is 2.18. The van der Waals surface area contributed by atoms with Gasteiger partial charge in [-0.15, -0.1) is 0 Å². The van der Waals surface area contributed by atoms with Crippen molar-refractivity contribution in [1.82, 2.24) is 9.97 Å². The SMILES string of the molecule is Cc1nccc(NC(C(=O)O)c2ccccc2)n1. The third kappa shape index (κ3) is 2.82. The molecule has 1 aromatic carbocycles. The van der Waals surface area contributed by atoms with Crippen molar-refractivity contribution in [1.29, 1.82) is 0 Å². The molecule has 18 heavy (non-hydrogen) atoms. The minimum Gasteiger partial charge on any atom is -0.479 e. The predicted octanol–water partition coefficient (Wildman–Crippen LogP) is 2.02. The highest BCUT2D eigenvalue weighted by Gasteiger charge is 2.19. The second-order valence-corrected chi connectivity index (χ2v) is 3.82. The summed E-state index contributed by atoms with van der Waals surface area (Å²) >= 11 is 0. The van der Waals surface area contributed by atoms with Crippen LogP contribution < -0.4 is 5.32 Å². The summed E-state index contributed by atoms with van der Waals surface area (Å²) in [5, 5.41) is 12.1. The van der Waals surface area contributed by atoms with Crippen molar-refractivity contribution in [3.63, 3.8) is 0 Å². The van der Waals surface area contributed by atoms with E-state index in [-0.39, 0.29) is 0 Å². The molecule has 0 aliphatic carbocycles. The van der Waals surface area contributed by atoms with Crippen LogP contribution >= 0.6 is 0 Å². The maximum Gasteiger partial charge on any atom is 0.330 e. The smallest absolute Gasteiger partial charge is 0.330 e. The van der Waals surface area contributed by atoms with Gasteiger partial charge in [-0.3, -0.25) is 0 Å². The van der Waals surface area contributed by atoms with Gasteiger partial charge in [-0.2, -0.15) is 0 Å². The monoisotopic (exact) mass is 243 g/mol. The summed E-state index contributed by atoms with van der Waals surface area (Å²) in [6.45, 7) is 1.75. The Morgan fingerprint density at radius 1 is 1.28 bits per heavy atom. The van der Waals surface area contributed by atoms with E-state index in [4.69, 9.17) is 0 Å². The van der Waals surface area contributed by atoms with E-state index < -0.39 is 12.0 Å². The van der Waals surface area contributed by atoms with Crippen LogP contribution in [0.5, 0.6) is 0 Å². The molecule has 0 amide bonds. The molecule has 0 aliphatic heterocycles. The summed E-state index contributed by atoms with van der Waals surface area (Å²) in [7, 11) is 0. The van der Waals surface area contributed by atoms with E-state index in [1.807, 2.05) is 6.07 Å². The van der Waals surface area contributed by atoms with E-state index in [9.17, 15) is 9.90 Å². The predicted molar refractivity (Wildman–Crippen MR) is 67.2 cm³/mol. The van der Waals surface area contributed by atoms with Crippen molar-refractivity contribution in [2.75, 3.05) is 5.32 Å². The lowest BCUT2D eigenvalue weighted by Gasteiger charge is -2.15. The summed E-state index contributed by atoms with van der Waals surface area (Å²) in [6.07, 6.45) is 1.59. The third-order valence-electron chi connectivity index (χ3n) is 2.45. The van der Waals surface area contributed by atoms with E-state index in [0.29, 0.717) is 17.2 Å². The minimum atomic E-state index is -0.947. The summed E-state index contributed by atoms with van der Waals surface area (Å²) < 4.78 is 0. The zero-order valence-corrected chi connectivity index (χ0v) is 9.87. The van der Waals surface area contributed by atoms with Crippen molar-refractivity contribution >= 4 is 11.8 Å². The number of benzene rings is 1. The fourth-order valence-corrected chi connectivity index (χ4v) is 1.62. The van der Waals surface area contributed by atoms with Crippen LogP contribution in [0, 0.1) is 6.92 Å². The molecule has 0 radical (unpaired) electrons. The van der Waals surface area contributed by atoms with Crippen molar-refractivity contribution < 1.29 is 9.90 Å². The van der Waals surface area contributed by atoms with Crippen LogP contribution in [-0.2, 0) is 4.79 Å². The lowest BCUT2D eigenvalue weighted by Crippen LogP contribution is -2.21. The molecule has 1 heterocycles. The summed E-state index contributed by atoms with van der Waals surface area (Å²) in [5.41, 5.74) is 0.682. The van der Waals surface area contributed by atoms with Crippen LogP contribution in [0.25, 0.3) is 0 Å². The number of aliphatic carboxylic acids is 1. The standard InChI is InChI=1S/C13H13N3O2/c1-9-14-8-7-11(15-9)16-12(13(17)18)10-5-3-2-4-6-10/h2-8,12H,1H3,(H,17,18)(H,14,15,16). The Morgan fingerprint density at radius 2 is 2.00 bits per heavy atom. The Kier molecular flexibility index (Phi) is 3.52. The Hall–Kier alpha value is -2.43. The number of hydrogen-bond donors (Lipinski definition) is 2. The first-order valence-electron chi connectivity index (χ1n) is 5.51. The molecule has 92 valence electrons. The quantitative estimate of drug-likeness (QED) is 0.859. The van der Waals surface area contributed by atoms with E-state index in [1.165, 1.54) is 0 Å². The summed E-state index contributed by atoms with van der Waals surface area (Å²) in [5.74, 6) is 0.147. The van der Waals surface area contributed by atoms with Crippen molar-refractivity contribution in [3.8, 4) is 0 Å². The highest BCUT2D eigenvalue weighted by molar-refractivity contribution is 5.78. The number of anilines is 1. The second kappa shape index (κ2) is 5.27. The fraction of sp³-hybridized carbons (Fsp3) is 0.154. The molecule has 1 aromatic heterocycles. The van der Waals surface area contributed by atoms with E-state index in [1.54, 1.807) is 43.5 Å². The average molecular weight is 243 g/mol. The van der Waals surface area contributed by atoms with Crippen LogP contribution in [0.15, 0.2) is 42.6 Å².